The summed E-state index contributed by atoms with van der Waals surface area (Å²) >= 11 is 7.67. The van der Waals surface area contributed by atoms with Crippen molar-refractivity contribution in [2.75, 3.05) is 11.9 Å². The summed E-state index contributed by atoms with van der Waals surface area (Å²) in [5.41, 5.74) is 0.626. The highest BCUT2D eigenvalue weighted by Gasteiger charge is 2.39. The lowest BCUT2D eigenvalue weighted by Crippen LogP contribution is -2.33. The number of thiophene rings is 1. The minimum atomic E-state index is -3.98. The predicted octanol–water partition coefficient (Wildman–Crippen LogP) is 3.44. The smallest absolute Gasteiger partial charge is 0.294 e. The van der Waals surface area contributed by atoms with E-state index in [-0.39, 0.29) is 34.2 Å². The molecular formula is C17H16ClN3O4S3. The van der Waals surface area contributed by atoms with Crippen molar-refractivity contribution in [2.45, 2.75) is 22.8 Å². The minimum absolute atomic E-state index is 0.000581. The average Bonchev–Trinajstić information content (AvgIpc) is 3.20. The summed E-state index contributed by atoms with van der Waals surface area (Å²) in [7, 11) is -3.98. The van der Waals surface area contributed by atoms with Gasteiger partial charge in [0.05, 0.1) is 4.34 Å². The highest BCUT2D eigenvalue weighted by atomic mass is 35.5. The van der Waals surface area contributed by atoms with Crippen molar-refractivity contribution >= 4 is 67.4 Å². The Labute approximate surface area is 175 Å². The first-order valence-electron chi connectivity index (χ1n) is 8.23. The Hall–Kier alpha value is -1.88. The van der Waals surface area contributed by atoms with E-state index in [1.807, 2.05) is 6.07 Å². The number of hydrogen-bond donors (Lipinski definition) is 1. The van der Waals surface area contributed by atoms with Crippen molar-refractivity contribution in [3.05, 3.63) is 46.8 Å². The van der Waals surface area contributed by atoms with Gasteiger partial charge in [0, 0.05) is 18.7 Å². The summed E-state index contributed by atoms with van der Waals surface area (Å²) in [6, 6.07) is 11.7. The maximum absolute atomic E-state index is 12.6. The molecule has 11 heteroatoms. The molecule has 1 aromatic carbocycles. The van der Waals surface area contributed by atoms with Crippen LogP contribution >= 0.6 is 34.7 Å². The Balaban J connectivity index is 1.76. The SMILES string of the molecule is CCN1C(=O)C(CC(=O)Nc2ccccc2)S/C1=N/S(=O)(=O)c1ccc(Cl)s1. The largest absolute Gasteiger partial charge is 0.326 e. The van der Waals surface area contributed by atoms with E-state index in [1.165, 1.54) is 17.0 Å². The van der Waals surface area contributed by atoms with Gasteiger partial charge in [-0.2, -0.15) is 8.42 Å². The monoisotopic (exact) mass is 457 g/mol. The molecule has 0 radical (unpaired) electrons. The Morgan fingerprint density at radius 3 is 2.57 bits per heavy atom. The fourth-order valence-corrected chi connectivity index (χ4v) is 6.37. The molecule has 1 atom stereocenters. The van der Waals surface area contributed by atoms with Gasteiger partial charge in [-0.1, -0.05) is 41.6 Å². The van der Waals surface area contributed by atoms with Gasteiger partial charge >= 0.3 is 0 Å². The van der Waals surface area contributed by atoms with Crippen LogP contribution in [0, 0.1) is 0 Å². The topological polar surface area (TPSA) is 95.9 Å². The average molecular weight is 458 g/mol. The van der Waals surface area contributed by atoms with Crippen LogP contribution < -0.4 is 5.32 Å². The number of nitrogens with zero attached hydrogens (tertiary/aromatic N) is 2. The van der Waals surface area contributed by atoms with Crippen LogP contribution in [0.3, 0.4) is 0 Å². The number of nitrogens with one attached hydrogen (secondary N) is 1. The molecule has 1 aliphatic rings. The molecule has 1 aromatic heterocycles. The maximum atomic E-state index is 12.6. The van der Waals surface area contributed by atoms with E-state index in [4.69, 9.17) is 11.6 Å². The molecule has 3 rings (SSSR count). The van der Waals surface area contributed by atoms with Crippen LogP contribution in [-0.4, -0.2) is 42.1 Å². The van der Waals surface area contributed by atoms with Gasteiger partial charge in [-0.15, -0.1) is 15.7 Å². The molecule has 2 heterocycles. The van der Waals surface area contributed by atoms with Gasteiger partial charge in [0.15, 0.2) is 5.17 Å². The second kappa shape index (κ2) is 8.64. The molecule has 1 N–H and O–H groups in total. The molecule has 2 amide bonds. The van der Waals surface area contributed by atoms with Gasteiger partial charge in [-0.3, -0.25) is 14.5 Å². The van der Waals surface area contributed by atoms with E-state index < -0.39 is 15.3 Å². The molecule has 1 saturated heterocycles. The minimum Gasteiger partial charge on any atom is -0.326 e. The normalized spacial score (nSPS) is 18.6. The quantitative estimate of drug-likeness (QED) is 0.716. The van der Waals surface area contributed by atoms with Gasteiger partial charge in [-0.05, 0) is 31.2 Å². The van der Waals surface area contributed by atoms with E-state index in [9.17, 15) is 18.0 Å². The van der Waals surface area contributed by atoms with Crippen LogP contribution in [0.4, 0.5) is 5.69 Å². The Kier molecular flexibility index (Phi) is 6.43. The number of thioether (sulfide) groups is 1. The van der Waals surface area contributed by atoms with Gasteiger partial charge in [0.1, 0.15) is 9.46 Å². The summed E-state index contributed by atoms with van der Waals surface area (Å²) in [4.78, 5) is 26.1. The van der Waals surface area contributed by atoms with Crippen molar-refractivity contribution in [3.63, 3.8) is 0 Å². The molecule has 0 spiro atoms. The Morgan fingerprint density at radius 1 is 1.25 bits per heavy atom. The van der Waals surface area contributed by atoms with Crippen molar-refractivity contribution in [3.8, 4) is 0 Å². The molecule has 28 heavy (non-hydrogen) atoms. The number of sulfonamides is 1. The van der Waals surface area contributed by atoms with E-state index in [0.717, 1.165) is 23.1 Å². The van der Waals surface area contributed by atoms with Crippen molar-refractivity contribution < 1.29 is 18.0 Å². The molecule has 0 saturated carbocycles. The highest BCUT2D eigenvalue weighted by Crippen LogP contribution is 2.33. The summed E-state index contributed by atoms with van der Waals surface area (Å²) < 4.78 is 29.1. The first-order chi connectivity index (χ1) is 13.3. The van der Waals surface area contributed by atoms with E-state index in [2.05, 4.69) is 9.71 Å². The van der Waals surface area contributed by atoms with Gasteiger partial charge in [-0.25, -0.2) is 0 Å². The number of carbonyl (C=O) groups is 2. The summed E-state index contributed by atoms with van der Waals surface area (Å²) in [5, 5.41) is 2.05. The molecule has 148 valence electrons. The predicted molar refractivity (Wildman–Crippen MR) is 112 cm³/mol. The summed E-state index contributed by atoms with van der Waals surface area (Å²) in [6.45, 7) is 1.97. The van der Waals surface area contributed by atoms with Gasteiger partial charge in [0.2, 0.25) is 11.8 Å². The molecule has 1 fully saturated rings. The van der Waals surface area contributed by atoms with Crippen LogP contribution in [0.25, 0.3) is 0 Å². The third kappa shape index (κ3) is 4.75. The fourth-order valence-electron chi connectivity index (χ4n) is 2.49. The van der Waals surface area contributed by atoms with E-state index >= 15 is 0 Å². The van der Waals surface area contributed by atoms with Crippen molar-refractivity contribution in [1.82, 2.24) is 4.90 Å². The Morgan fingerprint density at radius 2 is 1.96 bits per heavy atom. The molecular weight excluding hydrogens is 442 g/mol. The molecule has 0 bridgehead atoms. The van der Waals surface area contributed by atoms with Crippen molar-refractivity contribution in [1.29, 1.82) is 0 Å². The lowest BCUT2D eigenvalue weighted by Gasteiger charge is -2.13. The number of amidine groups is 1. The number of anilines is 1. The third-order valence-electron chi connectivity index (χ3n) is 3.77. The van der Waals surface area contributed by atoms with Crippen LogP contribution in [0.1, 0.15) is 13.3 Å². The highest BCUT2D eigenvalue weighted by molar-refractivity contribution is 8.16. The first-order valence-corrected chi connectivity index (χ1v) is 11.7. The molecule has 0 aliphatic carbocycles. The number of amides is 2. The third-order valence-corrected chi connectivity index (χ3v) is 8.02. The summed E-state index contributed by atoms with van der Waals surface area (Å²) in [5.74, 6) is -0.670. The zero-order valence-electron chi connectivity index (χ0n) is 14.7. The van der Waals surface area contributed by atoms with Crippen LogP contribution in [0.5, 0.6) is 0 Å². The molecule has 1 aliphatic heterocycles. The zero-order valence-corrected chi connectivity index (χ0v) is 17.9. The number of hydrogen-bond acceptors (Lipinski definition) is 6. The number of halogens is 1. The van der Waals surface area contributed by atoms with Gasteiger partial charge in [0.25, 0.3) is 10.0 Å². The first kappa shape index (κ1) is 20.8. The van der Waals surface area contributed by atoms with E-state index in [0.29, 0.717) is 10.0 Å². The number of rotatable bonds is 6. The second-order valence-corrected chi connectivity index (χ2v) is 10.4. The van der Waals surface area contributed by atoms with Crippen LogP contribution in [0.15, 0.2) is 51.1 Å². The number of benzene rings is 1. The second-order valence-electron chi connectivity index (χ2n) is 5.71. The van der Waals surface area contributed by atoms with Crippen LogP contribution in [0.2, 0.25) is 4.34 Å². The Bertz CT molecular complexity index is 1020. The lowest BCUT2D eigenvalue weighted by atomic mass is 10.2. The molecule has 7 nitrogen and oxygen atoms in total. The maximum Gasteiger partial charge on any atom is 0.294 e. The van der Waals surface area contributed by atoms with Gasteiger partial charge < -0.3 is 5.32 Å². The lowest BCUT2D eigenvalue weighted by molar-refractivity contribution is -0.128. The zero-order chi connectivity index (χ0) is 20.3. The summed E-state index contributed by atoms with van der Waals surface area (Å²) in [6.07, 6.45) is -0.0845. The molecule has 2 aromatic rings. The van der Waals surface area contributed by atoms with Crippen LogP contribution in [-0.2, 0) is 19.6 Å². The number of para-hydroxylation sites is 1. The number of carbonyl (C=O) groups excluding carboxylic acids is 2. The fraction of sp³-hybridized carbons (Fsp3) is 0.235. The van der Waals surface area contributed by atoms with E-state index in [1.54, 1.807) is 31.2 Å². The van der Waals surface area contributed by atoms with Crippen molar-refractivity contribution in [2.24, 2.45) is 4.40 Å². The standard InChI is InChI=1S/C17H16ClN3O4S3/c1-2-21-16(23)12(10-14(22)19-11-6-4-3-5-7-11)26-17(21)20-28(24,25)15-9-8-13(18)27-15/h3-9,12H,2,10H2,1H3,(H,19,22)/b20-17+. The molecule has 1 unspecified atom stereocenters.